The van der Waals surface area contributed by atoms with Gasteiger partial charge in [0.25, 0.3) is 0 Å². The van der Waals surface area contributed by atoms with E-state index in [0.717, 1.165) is 5.56 Å². The fourth-order valence-corrected chi connectivity index (χ4v) is 1.80. The normalized spacial score (nSPS) is 12.3. The number of hydrogen-bond acceptors (Lipinski definition) is 5. The average Bonchev–Trinajstić information content (AvgIpc) is 2.81. The van der Waals surface area contributed by atoms with Gasteiger partial charge in [0.1, 0.15) is 0 Å². The van der Waals surface area contributed by atoms with Crippen molar-refractivity contribution in [1.29, 1.82) is 0 Å². The van der Waals surface area contributed by atoms with Crippen molar-refractivity contribution in [2.45, 2.75) is 19.8 Å². The van der Waals surface area contributed by atoms with Crippen LogP contribution < -0.4 is 9.47 Å². The van der Waals surface area contributed by atoms with E-state index in [1.807, 2.05) is 6.92 Å². The van der Waals surface area contributed by atoms with E-state index < -0.39 is 0 Å². The fraction of sp³-hybridized carbons (Fsp3) is 0.385. The van der Waals surface area contributed by atoms with Crippen LogP contribution in [0.3, 0.4) is 0 Å². The molecular formula is C13H14O5. The number of ether oxygens (including phenoxy) is 3. The molecule has 5 nitrogen and oxygen atoms in total. The highest BCUT2D eigenvalue weighted by Crippen LogP contribution is 2.35. The first-order valence-corrected chi connectivity index (χ1v) is 5.62. The van der Waals surface area contributed by atoms with Gasteiger partial charge in [-0.2, -0.15) is 0 Å². The molecule has 0 aliphatic carbocycles. The molecular weight excluding hydrogens is 236 g/mol. The lowest BCUT2D eigenvalue weighted by Crippen LogP contribution is -2.07. The highest BCUT2D eigenvalue weighted by Gasteiger charge is 2.19. The molecule has 0 unspecified atom stereocenters. The number of carbonyl (C=O) groups is 2. The molecule has 96 valence electrons. The summed E-state index contributed by atoms with van der Waals surface area (Å²) in [5, 5.41) is 0. The first-order valence-electron chi connectivity index (χ1n) is 5.62. The summed E-state index contributed by atoms with van der Waals surface area (Å²) in [6, 6.07) is 3.44. The molecule has 0 aromatic heterocycles. The van der Waals surface area contributed by atoms with E-state index >= 15 is 0 Å². The van der Waals surface area contributed by atoms with Crippen LogP contribution in [0.2, 0.25) is 0 Å². The molecule has 1 aliphatic heterocycles. The Morgan fingerprint density at radius 1 is 1.22 bits per heavy atom. The molecule has 1 aromatic rings. The SMILES string of the molecule is COC(=O)CCC(=O)c1cc2c(cc1C)OCO2. The second-order valence-corrected chi connectivity index (χ2v) is 4.02. The Kier molecular flexibility index (Phi) is 3.50. The number of benzene rings is 1. The molecule has 0 amide bonds. The number of Topliss-reactive ketones (excluding diaryl/α,β-unsaturated/α-hetero) is 1. The van der Waals surface area contributed by atoms with Gasteiger partial charge in [0.15, 0.2) is 17.3 Å². The van der Waals surface area contributed by atoms with Gasteiger partial charge in [-0.25, -0.2) is 0 Å². The molecule has 2 rings (SSSR count). The molecule has 0 saturated heterocycles. The predicted molar refractivity (Wildman–Crippen MR) is 62.9 cm³/mol. The Morgan fingerprint density at radius 2 is 1.89 bits per heavy atom. The van der Waals surface area contributed by atoms with Crippen molar-refractivity contribution >= 4 is 11.8 Å². The summed E-state index contributed by atoms with van der Waals surface area (Å²) >= 11 is 0. The monoisotopic (exact) mass is 250 g/mol. The van der Waals surface area contributed by atoms with E-state index in [2.05, 4.69) is 4.74 Å². The molecule has 0 atom stereocenters. The molecule has 18 heavy (non-hydrogen) atoms. The summed E-state index contributed by atoms with van der Waals surface area (Å²) in [6.07, 6.45) is 0.219. The van der Waals surface area contributed by atoms with Crippen molar-refractivity contribution < 1.29 is 23.8 Å². The van der Waals surface area contributed by atoms with Crippen LogP contribution in [0.5, 0.6) is 11.5 Å². The zero-order valence-electron chi connectivity index (χ0n) is 10.3. The first-order chi connectivity index (χ1) is 8.61. The Labute approximate surface area is 105 Å². The van der Waals surface area contributed by atoms with Crippen molar-refractivity contribution in [2.75, 3.05) is 13.9 Å². The van der Waals surface area contributed by atoms with Crippen LogP contribution in [0.15, 0.2) is 12.1 Å². The zero-order valence-corrected chi connectivity index (χ0v) is 10.3. The standard InChI is InChI=1S/C13H14O5/c1-8-5-11-12(18-7-17-11)6-9(8)10(14)3-4-13(15)16-2/h5-6H,3-4,7H2,1-2H3. The third-order valence-electron chi connectivity index (χ3n) is 2.80. The molecule has 0 N–H and O–H groups in total. The van der Waals surface area contributed by atoms with Crippen LogP contribution in [-0.4, -0.2) is 25.7 Å². The highest BCUT2D eigenvalue weighted by atomic mass is 16.7. The molecule has 1 aromatic carbocycles. The molecule has 0 saturated carbocycles. The number of hydrogen-bond donors (Lipinski definition) is 0. The van der Waals surface area contributed by atoms with Gasteiger partial charge in [-0.3, -0.25) is 9.59 Å². The van der Waals surface area contributed by atoms with Gasteiger partial charge in [0.2, 0.25) is 6.79 Å². The highest BCUT2D eigenvalue weighted by molar-refractivity contribution is 5.99. The van der Waals surface area contributed by atoms with Gasteiger partial charge in [-0.05, 0) is 24.6 Å². The molecule has 1 heterocycles. The maximum atomic E-state index is 12.0. The van der Waals surface area contributed by atoms with Crippen LogP contribution in [0.4, 0.5) is 0 Å². The topological polar surface area (TPSA) is 61.8 Å². The molecule has 0 radical (unpaired) electrons. The van der Waals surface area contributed by atoms with E-state index in [9.17, 15) is 9.59 Å². The summed E-state index contributed by atoms with van der Waals surface area (Å²) in [5.74, 6) is 0.733. The second-order valence-electron chi connectivity index (χ2n) is 4.02. The van der Waals surface area contributed by atoms with Crippen molar-refractivity contribution in [3.63, 3.8) is 0 Å². The Morgan fingerprint density at radius 3 is 2.56 bits per heavy atom. The number of fused-ring (bicyclic) bond motifs is 1. The van der Waals surface area contributed by atoms with E-state index in [-0.39, 0.29) is 31.4 Å². The second kappa shape index (κ2) is 5.08. The minimum absolute atomic E-state index is 0.0865. The maximum Gasteiger partial charge on any atom is 0.305 e. The third-order valence-corrected chi connectivity index (χ3v) is 2.80. The van der Waals surface area contributed by atoms with Crippen molar-refractivity contribution in [2.24, 2.45) is 0 Å². The summed E-state index contributed by atoms with van der Waals surface area (Å²) in [6.45, 7) is 2.00. The summed E-state index contributed by atoms with van der Waals surface area (Å²) in [4.78, 5) is 23.0. The summed E-state index contributed by atoms with van der Waals surface area (Å²) < 4.78 is 15.0. The lowest BCUT2D eigenvalue weighted by atomic mass is 10.0. The first kappa shape index (κ1) is 12.4. The molecule has 5 heteroatoms. The van der Waals surface area contributed by atoms with Crippen molar-refractivity contribution in [3.05, 3.63) is 23.3 Å². The quantitative estimate of drug-likeness (QED) is 0.603. The number of esters is 1. The van der Waals surface area contributed by atoms with Gasteiger partial charge in [0.05, 0.1) is 13.5 Å². The van der Waals surface area contributed by atoms with Crippen LogP contribution in [0.1, 0.15) is 28.8 Å². The lowest BCUT2D eigenvalue weighted by Gasteiger charge is -2.06. The molecule has 0 fully saturated rings. The largest absolute Gasteiger partial charge is 0.469 e. The summed E-state index contributed by atoms with van der Waals surface area (Å²) in [5.41, 5.74) is 1.37. The predicted octanol–water partition coefficient (Wildman–Crippen LogP) is 1.86. The van der Waals surface area contributed by atoms with Crippen LogP contribution in [-0.2, 0) is 9.53 Å². The zero-order chi connectivity index (χ0) is 13.1. The maximum absolute atomic E-state index is 12.0. The number of aryl methyl sites for hydroxylation is 1. The van der Waals surface area contributed by atoms with Crippen molar-refractivity contribution in [1.82, 2.24) is 0 Å². The smallest absolute Gasteiger partial charge is 0.305 e. The average molecular weight is 250 g/mol. The van der Waals surface area contributed by atoms with Gasteiger partial charge in [0, 0.05) is 12.0 Å². The lowest BCUT2D eigenvalue weighted by molar-refractivity contribution is -0.140. The van der Waals surface area contributed by atoms with Gasteiger partial charge in [-0.1, -0.05) is 0 Å². The minimum atomic E-state index is -0.387. The number of methoxy groups -OCH3 is 1. The van der Waals surface area contributed by atoms with Crippen molar-refractivity contribution in [3.8, 4) is 11.5 Å². The van der Waals surface area contributed by atoms with Crippen LogP contribution in [0.25, 0.3) is 0 Å². The Balaban J connectivity index is 2.13. The van der Waals surface area contributed by atoms with Crippen LogP contribution in [0, 0.1) is 6.92 Å². The molecule has 1 aliphatic rings. The Bertz CT molecular complexity index is 492. The molecule has 0 spiro atoms. The van der Waals surface area contributed by atoms with Gasteiger partial charge >= 0.3 is 5.97 Å². The van der Waals surface area contributed by atoms with E-state index in [0.29, 0.717) is 17.1 Å². The van der Waals surface area contributed by atoms with E-state index in [1.54, 1.807) is 12.1 Å². The third kappa shape index (κ3) is 2.45. The van der Waals surface area contributed by atoms with Crippen LogP contribution >= 0.6 is 0 Å². The minimum Gasteiger partial charge on any atom is -0.469 e. The summed E-state index contributed by atoms with van der Waals surface area (Å²) in [7, 11) is 1.30. The number of carbonyl (C=O) groups excluding carboxylic acids is 2. The molecule has 0 bridgehead atoms. The van der Waals surface area contributed by atoms with Gasteiger partial charge < -0.3 is 14.2 Å². The number of ketones is 1. The Hall–Kier alpha value is -2.04. The van der Waals surface area contributed by atoms with E-state index in [4.69, 9.17) is 9.47 Å². The fourth-order valence-electron chi connectivity index (χ4n) is 1.80. The number of rotatable bonds is 4. The van der Waals surface area contributed by atoms with E-state index in [1.165, 1.54) is 7.11 Å². The van der Waals surface area contributed by atoms with Gasteiger partial charge in [-0.15, -0.1) is 0 Å².